The van der Waals surface area contributed by atoms with Gasteiger partial charge in [-0.15, -0.1) is 0 Å². The summed E-state index contributed by atoms with van der Waals surface area (Å²) >= 11 is 0. The zero-order chi connectivity index (χ0) is 16.6. The molecule has 2 N–H and O–H groups in total. The van der Waals surface area contributed by atoms with Gasteiger partial charge in [0.1, 0.15) is 0 Å². The maximum absolute atomic E-state index is 11.1. The second-order valence-corrected chi connectivity index (χ2v) is 10.9. The maximum atomic E-state index is 11.1. The molecule has 0 amide bonds. The Morgan fingerprint density at radius 3 is 2.32 bits per heavy atom. The van der Waals surface area contributed by atoms with Gasteiger partial charge in [-0.1, -0.05) is 19.8 Å². The number of ether oxygens (including phenoxy) is 1. The Morgan fingerprint density at radius 1 is 1.18 bits per heavy atom. The molecule has 2 aliphatic heterocycles. The minimum Gasteiger partial charge on any atom is -0.390 e. The Kier molecular flexibility index (Phi) is 5.48. The van der Waals surface area contributed by atoms with Crippen LogP contribution in [0.2, 0.25) is 0 Å². The van der Waals surface area contributed by atoms with Gasteiger partial charge >= 0.3 is 0 Å². The molecule has 2 fully saturated rings. The van der Waals surface area contributed by atoms with E-state index in [9.17, 15) is 5.11 Å². The van der Waals surface area contributed by atoms with Crippen molar-refractivity contribution in [1.82, 2.24) is 5.32 Å². The van der Waals surface area contributed by atoms with Gasteiger partial charge < -0.3 is 15.2 Å². The molecule has 0 spiro atoms. The van der Waals surface area contributed by atoms with Crippen molar-refractivity contribution in [3.63, 3.8) is 0 Å². The van der Waals surface area contributed by atoms with Crippen LogP contribution in [0, 0.1) is 11.8 Å². The van der Waals surface area contributed by atoms with Crippen LogP contribution in [-0.2, 0) is 4.74 Å². The number of hydrogen-bond donors (Lipinski definition) is 2. The maximum Gasteiger partial charge on any atom is 0.0820 e. The molecule has 2 rings (SSSR count). The van der Waals surface area contributed by atoms with Crippen LogP contribution in [0.5, 0.6) is 0 Å². The molecule has 22 heavy (non-hydrogen) atoms. The molecule has 0 saturated carbocycles. The highest BCUT2D eigenvalue weighted by atomic mass is 28.1. The zero-order valence-corrected chi connectivity index (χ0v) is 17.5. The topological polar surface area (TPSA) is 41.5 Å². The Bertz CT molecular complexity index is 369. The molecule has 0 aromatic rings. The first-order valence-corrected chi connectivity index (χ1v) is 10.2. The predicted octanol–water partition coefficient (Wildman–Crippen LogP) is 2.19. The third-order valence-corrected chi connectivity index (χ3v) is 7.15. The first-order valence-electron chi connectivity index (χ1n) is 9.20. The van der Waals surface area contributed by atoms with Crippen LogP contribution in [0.25, 0.3) is 0 Å². The molecule has 0 radical (unpaired) electrons. The molecular weight excluding hydrogens is 290 g/mol. The Balaban J connectivity index is 2.13. The zero-order valence-electron chi connectivity index (χ0n) is 15.5. The van der Waals surface area contributed by atoms with Crippen molar-refractivity contribution in [1.29, 1.82) is 0 Å². The van der Waals surface area contributed by atoms with Crippen molar-refractivity contribution in [3.05, 3.63) is 0 Å². The van der Waals surface area contributed by atoms with Gasteiger partial charge in [-0.2, -0.15) is 0 Å². The average Bonchev–Trinajstić information content (AvgIpc) is 2.36. The Hall–Kier alpha value is 0.0969. The SMILES string of the molecule is CCCCC1([SiH3])OCCC(C2CC(C)(C)NC(C)(C)C2)C1O. The lowest BCUT2D eigenvalue weighted by molar-refractivity contribution is -0.154. The lowest BCUT2D eigenvalue weighted by Crippen LogP contribution is -2.62. The van der Waals surface area contributed by atoms with Crippen LogP contribution in [-0.4, -0.2) is 44.4 Å². The molecule has 3 atom stereocenters. The summed E-state index contributed by atoms with van der Waals surface area (Å²) < 4.78 is 6.10. The number of aliphatic hydroxyl groups is 1. The normalized spacial score (nSPS) is 39.0. The monoisotopic (exact) mass is 327 g/mol. The summed E-state index contributed by atoms with van der Waals surface area (Å²) in [4.78, 5) is 0. The molecular formula is C18H37NO2Si. The van der Waals surface area contributed by atoms with Gasteiger partial charge in [0.2, 0.25) is 0 Å². The largest absolute Gasteiger partial charge is 0.390 e. The van der Waals surface area contributed by atoms with Crippen LogP contribution in [0.15, 0.2) is 0 Å². The number of hydrogen-bond acceptors (Lipinski definition) is 3. The van der Waals surface area contributed by atoms with E-state index >= 15 is 0 Å². The van der Waals surface area contributed by atoms with E-state index in [1.807, 2.05) is 0 Å². The number of nitrogens with one attached hydrogen (secondary N) is 1. The molecule has 130 valence electrons. The van der Waals surface area contributed by atoms with Crippen LogP contribution in [0.4, 0.5) is 0 Å². The number of rotatable bonds is 4. The number of aliphatic hydroxyl groups excluding tert-OH is 1. The van der Waals surface area contributed by atoms with Gasteiger partial charge in [-0.3, -0.25) is 0 Å². The molecule has 2 saturated heterocycles. The van der Waals surface area contributed by atoms with Gasteiger partial charge in [0, 0.05) is 27.9 Å². The van der Waals surface area contributed by atoms with Gasteiger partial charge in [0.05, 0.1) is 11.3 Å². The second-order valence-electron chi connectivity index (χ2n) is 9.22. The smallest absolute Gasteiger partial charge is 0.0820 e. The fourth-order valence-electron chi connectivity index (χ4n) is 5.07. The minimum atomic E-state index is -0.269. The molecule has 4 heteroatoms. The van der Waals surface area contributed by atoms with Crippen molar-refractivity contribution in [2.45, 2.75) is 95.5 Å². The van der Waals surface area contributed by atoms with Crippen molar-refractivity contribution in [3.8, 4) is 0 Å². The van der Waals surface area contributed by atoms with Crippen molar-refractivity contribution in [2.75, 3.05) is 6.61 Å². The Morgan fingerprint density at radius 2 is 1.77 bits per heavy atom. The molecule has 2 heterocycles. The van der Waals surface area contributed by atoms with Gasteiger partial charge in [0.15, 0.2) is 0 Å². The standard InChI is InChI=1S/C18H37NO2Si/c1-6-7-9-18(22)15(20)14(8-10-21-18)13-11-16(2,3)19-17(4,5)12-13/h13-15,19-20H,6-12H2,1-5,22H3. The van der Waals surface area contributed by atoms with Crippen LogP contribution in [0.1, 0.15) is 73.1 Å². The van der Waals surface area contributed by atoms with Gasteiger partial charge in [-0.05, 0) is 65.2 Å². The molecule has 0 aromatic carbocycles. The minimum absolute atomic E-state index is 0.154. The quantitative estimate of drug-likeness (QED) is 0.778. The van der Waals surface area contributed by atoms with Crippen LogP contribution >= 0.6 is 0 Å². The van der Waals surface area contributed by atoms with E-state index in [0.29, 0.717) is 11.8 Å². The number of unbranched alkanes of at least 4 members (excludes halogenated alkanes) is 1. The number of piperidine rings is 1. The first kappa shape index (κ1) is 18.4. The lowest BCUT2D eigenvalue weighted by atomic mass is 9.67. The van der Waals surface area contributed by atoms with E-state index in [-0.39, 0.29) is 22.4 Å². The predicted molar refractivity (Wildman–Crippen MR) is 96.3 cm³/mol. The Labute approximate surface area is 140 Å². The lowest BCUT2D eigenvalue weighted by Gasteiger charge is -2.53. The third kappa shape index (κ3) is 4.14. The molecule has 0 aromatic heterocycles. The van der Waals surface area contributed by atoms with E-state index in [1.165, 1.54) is 6.42 Å². The van der Waals surface area contributed by atoms with Crippen LogP contribution in [0.3, 0.4) is 0 Å². The summed E-state index contributed by atoms with van der Waals surface area (Å²) in [5.41, 5.74) is 0.309. The fourth-order valence-corrected chi connectivity index (χ4v) is 6.06. The highest BCUT2D eigenvalue weighted by Crippen LogP contribution is 2.43. The molecule has 3 nitrogen and oxygen atoms in total. The van der Waals surface area contributed by atoms with Crippen LogP contribution < -0.4 is 5.32 Å². The summed E-state index contributed by atoms with van der Waals surface area (Å²) in [5, 5.41) is 14.7. The third-order valence-electron chi connectivity index (χ3n) is 5.77. The summed E-state index contributed by atoms with van der Waals surface area (Å²) in [7, 11) is 0.924. The van der Waals surface area contributed by atoms with Crippen molar-refractivity contribution >= 4 is 10.2 Å². The van der Waals surface area contributed by atoms with Gasteiger partial charge in [-0.25, -0.2) is 0 Å². The average molecular weight is 328 g/mol. The van der Waals surface area contributed by atoms with Crippen molar-refractivity contribution < 1.29 is 9.84 Å². The van der Waals surface area contributed by atoms with E-state index in [4.69, 9.17) is 4.74 Å². The highest BCUT2D eigenvalue weighted by Gasteiger charge is 2.48. The van der Waals surface area contributed by atoms with Crippen molar-refractivity contribution in [2.24, 2.45) is 11.8 Å². The highest BCUT2D eigenvalue weighted by molar-refractivity contribution is 6.15. The summed E-state index contributed by atoms with van der Waals surface area (Å²) in [6.07, 6.45) is 6.44. The van der Waals surface area contributed by atoms with E-state index in [1.54, 1.807) is 0 Å². The summed E-state index contributed by atoms with van der Waals surface area (Å²) in [6.45, 7) is 12.3. The van der Waals surface area contributed by atoms with Gasteiger partial charge in [0.25, 0.3) is 0 Å². The molecule has 0 aliphatic carbocycles. The van der Waals surface area contributed by atoms with E-state index in [2.05, 4.69) is 39.9 Å². The van der Waals surface area contributed by atoms with E-state index < -0.39 is 0 Å². The first-order chi connectivity index (χ1) is 10.1. The summed E-state index contributed by atoms with van der Waals surface area (Å²) in [5.74, 6) is 1.00. The molecule has 3 unspecified atom stereocenters. The summed E-state index contributed by atoms with van der Waals surface area (Å²) in [6, 6.07) is 0. The fraction of sp³-hybridized carbons (Fsp3) is 1.00. The second kappa shape index (κ2) is 6.54. The van der Waals surface area contributed by atoms with E-state index in [0.717, 1.165) is 49.0 Å². The molecule has 2 aliphatic rings. The molecule has 0 bridgehead atoms.